The molecule has 3 heteroatoms. The van der Waals surface area contributed by atoms with Crippen molar-refractivity contribution in [3.05, 3.63) is 11.8 Å². The van der Waals surface area contributed by atoms with E-state index in [-0.39, 0.29) is 0 Å². The third-order valence-electron chi connectivity index (χ3n) is 3.92. The Balaban J connectivity index is 2.14. The van der Waals surface area contributed by atoms with Crippen molar-refractivity contribution in [3.63, 3.8) is 0 Å². The van der Waals surface area contributed by atoms with Crippen LogP contribution in [0.5, 0.6) is 0 Å². The van der Waals surface area contributed by atoms with Crippen molar-refractivity contribution >= 4 is 5.82 Å². The van der Waals surface area contributed by atoms with E-state index in [1.165, 1.54) is 32.1 Å². The summed E-state index contributed by atoms with van der Waals surface area (Å²) in [4.78, 5) is 0. The molecule has 1 heterocycles. The SMILES string of the molecule is Cc1cnn(C2CCCC(C)(C)CC2)c1N. The first-order chi connectivity index (χ1) is 7.49. The van der Waals surface area contributed by atoms with Crippen molar-refractivity contribution in [2.75, 3.05) is 5.73 Å². The van der Waals surface area contributed by atoms with Crippen LogP contribution in [0.3, 0.4) is 0 Å². The van der Waals surface area contributed by atoms with Crippen LogP contribution < -0.4 is 5.73 Å². The van der Waals surface area contributed by atoms with E-state index in [9.17, 15) is 0 Å². The smallest absolute Gasteiger partial charge is 0.124 e. The van der Waals surface area contributed by atoms with Gasteiger partial charge in [-0.15, -0.1) is 0 Å². The predicted octanol–water partition coefficient (Wildman–Crippen LogP) is 3.31. The van der Waals surface area contributed by atoms with Gasteiger partial charge in [-0.2, -0.15) is 5.10 Å². The number of nitrogens with two attached hydrogens (primary N) is 1. The molecular formula is C13H23N3. The first kappa shape index (κ1) is 11.5. The Morgan fingerprint density at radius 3 is 2.75 bits per heavy atom. The molecular weight excluding hydrogens is 198 g/mol. The molecule has 0 amide bonds. The van der Waals surface area contributed by atoms with Crippen molar-refractivity contribution in [1.82, 2.24) is 9.78 Å². The fourth-order valence-electron chi connectivity index (χ4n) is 2.64. The average molecular weight is 221 g/mol. The third kappa shape index (κ3) is 2.23. The zero-order valence-corrected chi connectivity index (χ0v) is 10.7. The van der Waals surface area contributed by atoms with Crippen LogP contribution in [0, 0.1) is 12.3 Å². The molecule has 0 saturated heterocycles. The fraction of sp³-hybridized carbons (Fsp3) is 0.769. The molecule has 1 aromatic heterocycles. The lowest BCUT2D eigenvalue weighted by Gasteiger charge is -2.22. The molecule has 2 rings (SSSR count). The number of aryl methyl sites for hydroxylation is 1. The minimum atomic E-state index is 0.492. The zero-order chi connectivity index (χ0) is 11.8. The Labute approximate surface area is 98.0 Å². The Morgan fingerprint density at radius 1 is 1.38 bits per heavy atom. The van der Waals surface area contributed by atoms with Crippen LogP contribution in [0.25, 0.3) is 0 Å². The first-order valence-corrected chi connectivity index (χ1v) is 6.29. The maximum atomic E-state index is 6.05. The molecule has 0 aliphatic heterocycles. The molecule has 2 N–H and O–H groups in total. The summed E-state index contributed by atoms with van der Waals surface area (Å²) in [5, 5.41) is 4.42. The molecule has 1 aromatic rings. The minimum Gasteiger partial charge on any atom is -0.384 e. The van der Waals surface area contributed by atoms with Crippen LogP contribution in [-0.2, 0) is 0 Å². The molecule has 0 radical (unpaired) electrons. The molecule has 1 unspecified atom stereocenters. The minimum absolute atomic E-state index is 0.492. The highest BCUT2D eigenvalue weighted by atomic mass is 15.3. The van der Waals surface area contributed by atoms with Gasteiger partial charge in [-0.25, -0.2) is 4.68 Å². The van der Waals surface area contributed by atoms with Gasteiger partial charge in [0.25, 0.3) is 0 Å². The lowest BCUT2D eigenvalue weighted by atomic mass is 9.85. The summed E-state index contributed by atoms with van der Waals surface area (Å²) < 4.78 is 2.04. The summed E-state index contributed by atoms with van der Waals surface area (Å²) in [6.07, 6.45) is 8.19. The summed E-state index contributed by atoms with van der Waals surface area (Å²) in [7, 11) is 0. The van der Waals surface area contributed by atoms with Crippen LogP contribution in [0.4, 0.5) is 5.82 Å². The molecule has 1 aliphatic carbocycles. The predicted molar refractivity (Wildman–Crippen MR) is 67.3 cm³/mol. The zero-order valence-electron chi connectivity index (χ0n) is 10.7. The highest BCUT2D eigenvalue weighted by molar-refractivity contribution is 5.37. The lowest BCUT2D eigenvalue weighted by molar-refractivity contribution is 0.305. The van der Waals surface area contributed by atoms with Gasteiger partial charge in [-0.3, -0.25) is 0 Å². The van der Waals surface area contributed by atoms with Crippen molar-refractivity contribution in [2.45, 2.75) is 58.9 Å². The van der Waals surface area contributed by atoms with Crippen molar-refractivity contribution in [3.8, 4) is 0 Å². The topological polar surface area (TPSA) is 43.8 Å². The van der Waals surface area contributed by atoms with Crippen molar-refractivity contribution in [1.29, 1.82) is 0 Å². The van der Waals surface area contributed by atoms with Gasteiger partial charge in [0.2, 0.25) is 0 Å². The molecule has 1 fully saturated rings. The standard InChI is InChI=1S/C13H23N3/c1-10-9-15-16(12(10)14)11-5-4-7-13(2,3)8-6-11/h9,11H,4-8,14H2,1-3H3. The summed E-state index contributed by atoms with van der Waals surface area (Å²) in [5.41, 5.74) is 7.64. The number of nitrogen functional groups attached to an aromatic ring is 1. The van der Waals surface area contributed by atoms with Crippen molar-refractivity contribution in [2.24, 2.45) is 5.41 Å². The molecule has 0 spiro atoms. The van der Waals surface area contributed by atoms with Gasteiger partial charge in [0, 0.05) is 5.56 Å². The summed E-state index contributed by atoms with van der Waals surface area (Å²) >= 11 is 0. The maximum Gasteiger partial charge on any atom is 0.124 e. The molecule has 16 heavy (non-hydrogen) atoms. The number of hydrogen-bond acceptors (Lipinski definition) is 2. The average Bonchev–Trinajstić information content (AvgIpc) is 2.45. The van der Waals surface area contributed by atoms with Gasteiger partial charge in [0.15, 0.2) is 0 Å². The molecule has 1 aliphatic rings. The fourth-order valence-corrected chi connectivity index (χ4v) is 2.64. The molecule has 90 valence electrons. The normalized spacial score (nSPS) is 25.3. The lowest BCUT2D eigenvalue weighted by Crippen LogP contribution is -2.14. The number of anilines is 1. The van der Waals surface area contributed by atoms with Gasteiger partial charge in [-0.1, -0.05) is 20.3 Å². The highest BCUT2D eigenvalue weighted by Crippen LogP contribution is 2.38. The van der Waals surface area contributed by atoms with Gasteiger partial charge in [-0.05, 0) is 38.0 Å². The van der Waals surface area contributed by atoms with E-state index in [2.05, 4.69) is 18.9 Å². The summed E-state index contributed by atoms with van der Waals surface area (Å²) in [6.45, 7) is 6.76. The van der Waals surface area contributed by atoms with E-state index in [1.54, 1.807) is 0 Å². The van der Waals surface area contributed by atoms with Crippen LogP contribution in [0.15, 0.2) is 6.20 Å². The quantitative estimate of drug-likeness (QED) is 0.739. The van der Waals surface area contributed by atoms with E-state index in [4.69, 9.17) is 5.73 Å². The van der Waals surface area contributed by atoms with E-state index >= 15 is 0 Å². The first-order valence-electron chi connectivity index (χ1n) is 6.29. The largest absolute Gasteiger partial charge is 0.384 e. The van der Waals surface area contributed by atoms with E-state index < -0.39 is 0 Å². The molecule has 3 nitrogen and oxygen atoms in total. The van der Waals surface area contributed by atoms with Crippen molar-refractivity contribution < 1.29 is 0 Å². The summed E-state index contributed by atoms with van der Waals surface area (Å²) in [5.74, 6) is 0.852. The molecule has 1 atom stereocenters. The molecule has 1 saturated carbocycles. The number of hydrogen-bond donors (Lipinski definition) is 1. The van der Waals surface area contributed by atoms with Crippen LogP contribution in [-0.4, -0.2) is 9.78 Å². The molecule has 0 aromatic carbocycles. The second-order valence-corrected chi connectivity index (χ2v) is 5.91. The second kappa shape index (κ2) is 4.11. The van der Waals surface area contributed by atoms with Crippen LogP contribution in [0.1, 0.15) is 57.6 Å². The van der Waals surface area contributed by atoms with E-state index in [0.29, 0.717) is 11.5 Å². The van der Waals surface area contributed by atoms with Gasteiger partial charge >= 0.3 is 0 Å². The maximum absolute atomic E-state index is 6.05. The van der Waals surface area contributed by atoms with E-state index in [1.807, 2.05) is 17.8 Å². The molecule has 0 bridgehead atoms. The van der Waals surface area contributed by atoms with Crippen LogP contribution in [0.2, 0.25) is 0 Å². The Kier molecular flexibility index (Phi) is 2.96. The van der Waals surface area contributed by atoms with Crippen LogP contribution >= 0.6 is 0 Å². The third-order valence-corrected chi connectivity index (χ3v) is 3.92. The summed E-state index contributed by atoms with van der Waals surface area (Å²) in [6, 6.07) is 0.510. The van der Waals surface area contributed by atoms with E-state index in [0.717, 1.165) is 11.4 Å². The van der Waals surface area contributed by atoms with Gasteiger partial charge < -0.3 is 5.73 Å². The second-order valence-electron chi connectivity index (χ2n) is 5.91. The van der Waals surface area contributed by atoms with Gasteiger partial charge in [0.1, 0.15) is 5.82 Å². The Hall–Kier alpha value is -0.990. The number of rotatable bonds is 1. The van der Waals surface area contributed by atoms with Gasteiger partial charge in [0.05, 0.1) is 12.2 Å². The highest BCUT2D eigenvalue weighted by Gasteiger charge is 2.26. The number of aromatic nitrogens is 2. The number of nitrogens with zero attached hydrogens (tertiary/aromatic N) is 2. The Bertz CT molecular complexity index is 365. The Morgan fingerprint density at radius 2 is 2.12 bits per heavy atom. The monoisotopic (exact) mass is 221 g/mol.